The zero-order valence-electron chi connectivity index (χ0n) is 10.1. The average molecular weight is 241 g/mol. The number of hydrogen-bond acceptors (Lipinski definition) is 2. The third kappa shape index (κ3) is 5.95. The number of hydrogen-bond donors (Lipinski definition) is 1. The van der Waals surface area contributed by atoms with Gasteiger partial charge in [0.1, 0.15) is 0 Å². The Kier molecular flexibility index (Phi) is 4.79. The summed E-state index contributed by atoms with van der Waals surface area (Å²) in [6.45, 7) is 8.47. The standard InChI is InChI=1S/C10H18F3NO2/c1-6(7(2)16-9(3,4)5)14-8(15)10(11,12)13/h6-7H,1-5H3,(H,14,15). The molecule has 0 saturated carbocycles. The zero-order valence-corrected chi connectivity index (χ0v) is 10.1. The molecule has 0 rings (SSSR count). The van der Waals surface area contributed by atoms with Crippen LogP contribution in [0.2, 0.25) is 0 Å². The minimum absolute atomic E-state index is 0.462. The summed E-state index contributed by atoms with van der Waals surface area (Å²) in [5.74, 6) is -1.94. The summed E-state index contributed by atoms with van der Waals surface area (Å²) in [6.07, 6.45) is -5.35. The van der Waals surface area contributed by atoms with E-state index in [9.17, 15) is 18.0 Å². The van der Waals surface area contributed by atoms with Gasteiger partial charge in [-0.2, -0.15) is 13.2 Å². The molecule has 0 aliphatic rings. The number of carbonyl (C=O) groups is 1. The summed E-state index contributed by atoms with van der Waals surface area (Å²) in [4.78, 5) is 10.7. The van der Waals surface area contributed by atoms with Gasteiger partial charge in [0, 0.05) is 0 Å². The van der Waals surface area contributed by atoms with Crippen molar-refractivity contribution in [1.82, 2.24) is 5.32 Å². The topological polar surface area (TPSA) is 38.3 Å². The number of alkyl halides is 3. The Morgan fingerprint density at radius 2 is 1.62 bits per heavy atom. The number of ether oxygens (including phenoxy) is 1. The van der Waals surface area contributed by atoms with Gasteiger partial charge in [-0.3, -0.25) is 4.79 Å². The lowest BCUT2D eigenvalue weighted by Gasteiger charge is -2.29. The average Bonchev–Trinajstić information content (AvgIpc) is 1.98. The van der Waals surface area contributed by atoms with E-state index in [0.29, 0.717) is 0 Å². The van der Waals surface area contributed by atoms with Crippen LogP contribution in [-0.4, -0.2) is 29.8 Å². The minimum atomic E-state index is -4.85. The molecular weight excluding hydrogens is 223 g/mol. The molecule has 0 aromatic rings. The SMILES string of the molecule is CC(NC(=O)C(F)(F)F)C(C)OC(C)(C)C. The van der Waals surface area contributed by atoms with E-state index in [1.807, 2.05) is 5.32 Å². The summed E-state index contributed by atoms with van der Waals surface area (Å²) in [6, 6.07) is -0.701. The Balaban J connectivity index is 4.27. The van der Waals surface area contributed by atoms with Gasteiger partial charge in [-0.15, -0.1) is 0 Å². The highest BCUT2D eigenvalue weighted by Gasteiger charge is 2.40. The third-order valence-electron chi connectivity index (χ3n) is 1.86. The van der Waals surface area contributed by atoms with Crippen molar-refractivity contribution in [3.8, 4) is 0 Å². The van der Waals surface area contributed by atoms with E-state index < -0.39 is 29.8 Å². The van der Waals surface area contributed by atoms with Crippen molar-refractivity contribution >= 4 is 5.91 Å². The largest absolute Gasteiger partial charge is 0.471 e. The first-order valence-corrected chi connectivity index (χ1v) is 4.99. The second-order valence-corrected chi connectivity index (χ2v) is 4.70. The normalized spacial score (nSPS) is 16.8. The fourth-order valence-electron chi connectivity index (χ4n) is 1.07. The molecule has 1 amide bonds. The summed E-state index contributed by atoms with van der Waals surface area (Å²) < 4.78 is 41.3. The molecule has 0 aliphatic carbocycles. The molecule has 2 unspecified atom stereocenters. The van der Waals surface area contributed by atoms with Crippen LogP contribution in [0.25, 0.3) is 0 Å². The van der Waals surface area contributed by atoms with E-state index in [1.165, 1.54) is 6.92 Å². The van der Waals surface area contributed by atoms with Crippen molar-refractivity contribution in [3.05, 3.63) is 0 Å². The molecule has 2 atom stereocenters. The number of rotatable bonds is 3. The van der Waals surface area contributed by atoms with Gasteiger partial charge in [-0.1, -0.05) is 0 Å². The lowest BCUT2D eigenvalue weighted by Crippen LogP contribution is -2.48. The van der Waals surface area contributed by atoms with Crippen LogP contribution in [0, 0.1) is 0 Å². The van der Waals surface area contributed by atoms with Gasteiger partial charge in [0.25, 0.3) is 0 Å². The van der Waals surface area contributed by atoms with E-state index in [1.54, 1.807) is 27.7 Å². The highest BCUT2D eigenvalue weighted by Crippen LogP contribution is 2.17. The molecule has 0 aliphatic heterocycles. The maximum absolute atomic E-state index is 12.0. The minimum Gasteiger partial charge on any atom is -0.371 e. The molecular formula is C10H18F3NO2. The van der Waals surface area contributed by atoms with Crippen LogP contribution in [0.15, 0.2) is 0 Å². The number of carbonyl (C=O) groups excluding carboxylic acids is 1. The van der Waals surface area contributed by atoms with Crippen LogP contribution in [-0.2, 0) is 9.53 Å². The van der Waals surface area contributed by atoms with E-state index in [0.717, 1.165) is 0 Å². The second kappa shape index (κ2) is 5.03. The van der Waals surface area contributed by atoms with Gasteiger partial charge in [-0.25, -0.2) is 0 Å². The van der Waals surface area contributed by atoms with E-state index in [4.69, 9.17) is 4.74 Å². The van der Waals surface area contributed by atoms with Gasteiger partial charge in [0.15, 0.2) is 0 Å². The summed E-state index contributed by atoms with van der Waals surface area (Å²) in [5, 5.41) is 1.85. The van der Waals surface area contributed by atoms with Crippen molar-refractivity contribution in [2.75, 3.05) is 0 Å². The monoisotopic (exact) mass is 241 g/mol. The summed E-state index contributed by atoms with van der Waals surface area (Å²) in [5.41, 5.74) is -0.462. The lowest BCUT2D eigenvalue weighted by molar-refractivity contribution is -0.175. The highest BCUT2D eigenvalue weighted by atomic mass is 19.4. The summed E-state index contributed by atoms with van der Waals surface area (Å²) >= 11 is 0. The number of nitrogens with one attached hydrogen (secondary N) is 1. The van der Waals surface area contributed by atoms with E-state index in [-0.39, 0.29) is 0 Å². The van der Waals surface area contributed by atoms with Crippen LogP contribution in [0.1, 0.15) is 34.6 Å². The molecule has 16 heavy (non-hydrogen) atoms. The van der Waals surface area contributed by atoms with Crippen molar-refractivity contribution in [3.63, 3.8) is 0 Å². The van der Waals surface area contributed by atoms with Gasteiger partial charge >= 0.3 is 12.1 Å². The summed E-state index contributed by atoms with van der Waals surface area (Å²) in [7, 11) is 0. The molecule has 3 nitrogen and oxygen atoms in total. The first kappa shape index (κ1) is 15.2. The van der Waals surface area contributed by atoms with Crippen molar-refractivity contribution in [2.45, 2.75) is 58.5 Å². The van der Waals surface area contributed by atoms with E-state index >= 15 is 0 Å². The molecule has 96 valence electrons. The predicted molar refractivity (Wildman–Crippen MR) is 54.0 cm³/mol. The predicted octanol–water partition coefficient (Wildman–Crippen LogP) is 2.26. The maximum atomic E-state index is 12.0. The van der Waals surface area contributed by atoms with Crippen LogP contribution in [0.5, 0.6) is 0 Å². The van der Waals surface area contributed by atoms with Crippen molar-refractivity contribution < 1.29 is 22.7 Å². The Morgan fingerprint density at radius 3 is 1.94 bits per heavy atom. The van der Waals surface area contributed by atoms with Gasteiger partial charge in [0.05, 0.1) is 17.7 Å². The van der Waals surface area contributed by atoms with Gasteiger partial charge < -0.3 is 10.1 Å². The Bertz CT molecular complexity index is 245. The van der Waals surface area contributed by atoms with Gasteiger partial charge in [0.2, 0.25) is 0 Å². The molecule has 0 radical (unpaired) electrons. The van der Waals surface area contributed by atoms with Crippen molar-refractivity contribution in [2.24, 2.45) is 0 Å². The quantitative estimate of drug-likeness (QED) is 0.823. The molecule has 0 fully saturated rings. The van der Waals surface area contributed by atoms with Crippen LogP contribution >= 0.6 is 0 Å². The third-order valence-corrected chi connectivity index (χ3v) is 1.86. The molecule has 0 spiro atoms. The fourth-order valence-corrected chi connectivity index (χ4v) is 1.07. The fraction of sp³-hybridized carbons (Fsp3) is 0.900. The first-order chi connectivity index (χ1) is 6.93. The molecule has 0 saturated heterocycles. The smallest absolute Gasteiger partial charge is 0.371 e. The number of halogens is 3. The molecule has 1 N–H and O–H groups in total. The lowest BCUT2D eigenvalue weighted by atomic mass is 10.1. The van der Waals surface area contributed by atoms with E-state index in [2.05, 4.69) is 0 Å². The Morgan fingerprint density at radius 1 is 1.19 bits per heavy atom. The second-order valence-electron chi connectivity index (χ2n) is 4.70. The Hall–Kier alpha value is -0.780. The zero-order chi connectivity index (χ0) is 13.1. The maximum Gasteiger partial charge on any atom is 0.471 e. The molecule has 0 aromatic carbocycles. The van der Waals surface area contributed by atoms with Crippen LogP contribution < -0.4 is 5.32 Å². The van der Waals surface area contributed by atoms with Crippen LogP contribution in [0.4, 0.5) is 13.2 Å². The molecule has 0 bridgehead atoms. The van der Waals surface area contributed by atoms with Crippen LogP contribution in [0.3, 0.4) is 0 Å². The molecule has 0 aromatic heterocycles. The Labute approximate surface area is 93.3 Å². The first-order valence-electron chi connectivity index (χ1n) is 4.99. The van der Waals surface area contributed by atoms with Gasteiger partial charge in [-0.05, 0) is 34.6 Å². The molecule has 0 heterocycles. The molecule has 6 heteroatoms. The highest BCUT2D eigenvalue weighted by molar-refractivity contribution is 5.81. The van der Waals surface area contributed by atoms with Crippen molar-refractivity contribution in [1.29, 1.82) is 0 Å². The number of amides is 1.